The van der Waals surface area contributed by atoms with Crippen molar-refractivity contribution in [3.8, 4) is 5.75 Å². The van der Waals surface area contributed by atoms with Gasteiger partial charge in [0.15, 0.2) is 0 Å². The Kier molecular flexibility index (Phi) is 4.85. The van der Waals surface area contributed by atoms with E-state index in [0.717, 1.165) is 12.8 Å². The van der Waals surface area contributed by atoms with E-state index < -0.39 is 10.0 Å². The van der Waals surface area contributed by atoms with Crippen molar-refractivity contribution in [2.75, 3.05) is 19.4 Å². The molecule has 0 amide bonds. The summed E-state index contributed by atoms with van der Waals surface area (Å²) < 4.78 is 33.4. The first-order valence-electron chi connectivity index (χ1n) is 6.92. The van der Waals surface area contributed by atoms with E-state index in [4.69, 9.17) is 10.5 Å². The third-order valence-corrected chi connectivity index (χ3v) is 6.00. The predicted molar refractivity (Wildman–Crippen MR) is 86.9 cm³/mol. The Morgan fingerprint density at radius 1 is 1.43 bits per heavy atom. The number of methoxy groups -OCH3 is 1. The van der Waals surface area contributed by atoms with Gasteiger partial charge in [-0.1, -0.05) is 13.8 Å². The van der Waals surface area contributed by atoms with Gasteiger partial charge in [0.2, 0.25) is 10.0 Å². The molecule has 21 heavy (non-hydrogen) atoms. The standard InChI is InChI=1S/C14H21BrN2O3S/c1-9(2)8-17(10-4-5-10)21(18,19)14-7-12(16)11(15)6-13(14)20-3/h6-7,9-10H,4-5,8,16H2,1-3H3. The molecule has 0 spiro atoms. The van der Waals surface area contributed by atoms with Crippen molar-refractivity contribution in [2.24, 2.45) is 5.92 Å². The third-order valence-electron chi connectivity index (χ3n) is 3.37. The van der Waals surface area contributed by atoms with Crippen molar-refractivity contribution < 1.29 is 13.2 Å². The van der Waals surface area contributed by atoms with Crippen LogP contribution in [0.3, 0.4) is 0 Å². The first-order valence-corrected chi connectivity index (χ1v) is 9.15. The highest BCUT2D eigenvalue weighted by Gasteiger charge is 2.39. The van der Waals surface area contributed by atoms with Gasteiger partial charge in [0.1, 0.15) is 10.6 Å². The second-order valence-corrected chi connectivity index (χ2v) is 8.44. The number of hydrogen-bond acceptors (Lipinski definition) is 4. The van der Waals surface area contributed by atoms with Gasteiger partial charge in [-0.25, -0.2) is 8.42 Å². The molecule has 7 heteroatoms. The molecule has 5 nitrogen and oxygen atoms in total. The summed E-state index contributed by atoms with van der Waals surface area (Å²) in [5.74, 6) is 0.574. The largest absolute Gasteiger partial charge is 0.495 e. The number of ether oxygens (including phenoxy) is 1. The number of benzene rings is 1. The lowest BCUT2D eigenvalue weighted by molar-refractivity contribution is 0.354. The van der Waals surface area contributed by atoms with Gasteiger partial charge in [-0.05, 0) is 46.8 Å². The Labute approximate surface area is 134 Å². The molecule has 0 heterocycles. The van der Waals surface area contributed by atoms with Crippen LogP contribution in [0.5, 0.6) is 5.75 Å². The average molecular weight is 377 g/mol. The van der Waals surface area contributed by atoms with Gasteiger partial charge in [0.25, 0.3) is 0 Å². The fourth-order valence-electron chi connectivity index (χ4n) is 2.20. The average Bonchev–Trinajstić information content (AvgIpc) is 3.22. The normalized spacial score (nSPS) is 15.7. The molecule has 1 fully saturated rings. The Morgan fingerprint density at radius 2 is 2.05 bits per heavy atom. The maximum absolute atomic E-state index is 13.0. The van der Waals surface area contributed by atoms with E-state index in [2.05, 4.69) is 15.9 Å². The number of nitrogens with two attached hydrogens (primary N) is 1. The molecule has 1 aromatic carbocycles. The van der Waals surface area contributed by atoms with E-state index in [9.17, 15) is 8.42 Å². The van der Waals surface area contributed by atoms with E-state index >= 15 is 0 Å². The van der Waals surface area contributed by atoms with Crippen LogP contribution >= 0.6 is 15.9 Å². The molecule has 1 aliphatic rings. The highest BCUT2D eigenvalue weighted by atomic mass is 79.9. The summed E-state index contributed by atoms with van der Waals surface area (Å²) in [6.45, 7) is 4.53. The van der Waals surface area contributed by atoms with Crippen LogP contribution in [0.25, 0.3) is 0 Å². The zero-order chi connectivity index (χ0) is 15.8. The zero-order valence-corrected chi connectivity index (χ0v) is 14.9. The van der Waals surface area contributed by atoms with E-state index in [1.165, 1.54) is 13.2 Å². The molecule has 1 saturated carbocycles. The van der Waals surface area contributed by atoms with Gasteiger partial charge in [-0.3, -0.25) is 0 Å². The molecular formula is C14H21BrN2O3S. The van der Waals surface area contributed by atoms with Crippen LogP contribution in [-0.2, 0) is 10.0 Å². The lowest BCUT2D eigenvalue weighted by atomic mass is 10.2. The molecule has 1 aromatic rings. The lowest BCUT2D eigenvalue weighted by Crippen LogP contribution is -2.36. The number of anilines is 1. The zero-order valence-electron chi connectivity index (χ0n) is 12.5. The maximum Gasteiger partial charge on any atom is 0.247 e. The van der Waals surface area contributed by atoms with Crippen LogP contribution in [0, 0.1) is 5.92 Å². The van der Waals surface area contributed by atoms with Crippen molar-refractivity contribution in [2.45, 2.75) is 37.6 Å². The second-order valence-electron chi connectivity index (χ2n) is 5.72. The highest BCUT2D eigenvalue weighted by molar-refractivity contribution is 9.10. The minimum Gasteiger partial charge on any atom is -0.495 e. The van der Waals surface area contributed by atoms with E-state index in [0.29, 0.717) is 22.5 Å². The number of sulfonamides is 1. The molecule has 0 unspecified atom stereocenters. The van der Waals surface area contributed by atoms with E-state index in [1.54, 1.807) is 10.4 Å². The van der Waals surface area contributed by atoms with Gasteiger partial charge >= 0.3 is 0 Å². The molecular weight excluding hydrogens is 356 g/mol. The third kappa shape index (κ3) is 3.52. The molecule has 2 rings (SSSR count). The summed E-state index contributed by atoms with van der Waals surface area (Å²) >= 11 is 3.29. The van der Waals surface area contributed by atoms with Crippen molar-refractivity contribution in [3.05, 3.63) is 16.6 Å². The Bertz CT molecular complexity index is 627. The maximum atomic E-state index is 13.0. The van der Waals surface area contributed by atoms with Crippen molar-refractivity contribution >= 4 is 31.6 Å². The van der Waals surface area contributed by atoms with Crippen LogP contribution in [0.15, 0.2) is 21.5 Å². The summed E-state index contributed by atoms with van der Waals surface area (Å²) in [7, 11) is -2.15. The number of nitrogens with zero attached hydrogens (tertiary/aromatic N) is 1. The molecule has 0 bridgehead atoms. The summed E-state index contributed by atoms with van der Waals surface area (Å²) in [5.41, 5.74) is 6.23. The first kappa shape index (κ1) is 16.6. The Balaban J connectivity index is 2.49. The number of hydrogen-bond donors (Lipinski definition) is 1. The van der Waals surface area contributed by atoms with Gasteiger partial charge in [-0.15, -0.1) is 0 Å². The Morgan fingerprint density at radius 3 is 2.52 bits per heavy atom. The number of rotatable bonds is 6. The van der Waals surface area contributed by atoms with Crippen LogP contribution in [-0.4, -0.2) is 32.4 Å². The highest BCUT2D eigenvalue weighted by Crippen LogP contribution is 2.38. The minimum atomic E-state index is -3.61. The SMILES string of the molecule is COc1cc(Br)c(N)cc1S(=O)(=O)N(CC(C)C)C1CC1. The van der Waals surface area contributed by atoms with Gasteiger partial charge in [0, 0.05) is 22.7 Å². The van der Waals surface area contributed by atoms with Gasteiger partial charge < -0.3 is 10.5 Å². The van der Waals surface area contributed by atoms with Crippen LogP contribution in [0.1, 0.15) is 26.7 Å². The number of nitrogen functional groups attached to an aromatic ring is 1. The van der Waals surface area contributed by atoms with Gasteiger partial charge in [0.05, 0.1) is 7.11 Å². The fourth-order valence-corrected chi connectivity index (χ4v) is 4.55. The van der Waals surface area contributed by atoms with Crippen LogP contribution in [0.4, 0.5) is 5.69 Å². The molecule has 2 N–H and O–H groups in total. The lowest BCUT2D eigenvalue weighted by Gasteiger charge is -2.25. The molecule has 0 saturated heterocycles. The first-order chi connectivity index (χ1) is 9.77. The molecule has 0 atom stereocenters. The van der Waals surface area contributed by atoms with Gasteiger partial charge in [-0.2, -0.15) is 4.31 Å². The monoisotopic (exact) mass is 376 g/mol. The molecule has 118 valence electrons. The minimum absolute atomic E-state index is 0.104. The molecule has 0 radical (unpaired) electrons. The van der Waals surface area contributed by atoms with E-state index in [1.807, 2.05) is 13.8 Å². The Hall–Kier alpha value is -0.790. The quantitative estimate of drug-likeness (QED) is 0.774. The summed E-state index contributed by atoms with van der Waals surface area (Å²) in [5, 5.41) is 0. The summed E-state index contributed by atoms with van der Waals surface area (Å²) in [6, 6.07) is 3.17. The molecule has 0 aromatic heterocycles. The smallest absolute Gasteiger partial charge is 0.247 e. The fraction of sp³-hybridized carbons (Fsp3) is 0.571. The van der Waals surface area contributed by atoms with Crippen LogP contribution < -0.4 is 10.5 Å². The predicted octanol–water partition coefficient (Wildman–Crippen LogP) is 2.85. The van der Waals surface area contributed by atoms with Crippen molar-refractivity contribution in [1.82, 2.24) is 4.31 Å². The molecule has 1 aliphatic carbocycles. The summed E-state index contributed by atoms with van der Waals surface area (Å²) in [6.07, 6.45) is 1.83. The molecule has 0 aliphatic heterocycles. The van der Waals surface area contributed by atoms with Crippen molar-refractivity contribution in [1.29, 1.82) is 0 Å². The number of halogens is 1. The topological polar surface area (TPSA) is 72.6 Å². The van der Waals surface area contributed by atoms with E-state index in [-0.39, 0.29) is 16.9 Å². The van der Waals surface area contributed by atoms with Crippen molar-refractivity contribution in [3.63, 3.8) is 0 Å². The van der Waals surface area contributed by atoms with Crippen LogP contribution in [0.2, 0.25) is 0 Å². The second kappa shape index (κ2) is 6.14. The summed E-state index contributed by atoms with van der Waals surface area (Å²) in [4.78, 5) is 0.137.